The highest BCUT2D eigenvalue weighted by molar-refractivity contribution is 5.95. The fraction of sp³-hybridized carbons (Fsp3) is 0.444. The van der Waals surface area contributed by atoms with Crippen molar-refractivity contribution < 1.29 is 14.5 Å². The number of rotatable bonds is 3. The molecule has 1 aromatic carbocycles. The average molecular weight is 341 g/mol. The number of ether oxygens (including phenoxy) is 1. The van der Waals surface area contributed by atoms with Crippen LogP contribution in [0.4, 0.5) is 11.4 Å². The molecule has 7 nitrogen and oxygen atoms in total. The quantitative estimate of drug-likeness (QED) is 0.485. The highest BCUT2D eigenvalue weighted by atomic mass is 16.6. The summed E-state index contributed by atoms with van der Waals surface area (Å²) in [4.78, 5) is 30.0. The highest BCUT2D eigenvalue weighted by Gasteiger charge is 2.56. The molecule has 2 unspecified atom stereocenters. The number of carbonyl (C=O) groups excluding carboxylic acids is 1. The Hall–Kier alpha value is -2.70. The van der Waals surface area contributed by atoms with Crippen LogP contribution in [0, 0.1) is 21.4 Å². The van der Waals surface area contributed by atoms with Gasteiger partial charge in [0.2, 0.25) is 0 Å². The summed E-state index contributed by atoms with van der Waals surface area (Å²) in [7, 11) is 1.42. The molecule has 2 aliphatic rings. The summed E-state index contributed by atoms with van der Waals surface area (Å²) in [5.74, 6) is -0.00763. The molecule has 0 bridgehead atoms. The van der Waals surface area contributed by atoms with Crippen LogP contribution in [0.1, 0.15) is 19.3 Å². The smallest absolute Gasteiger partial charge is 0.313 e. The number of esters is 1. The molecule has 0 radical (unpaired) electrons. The molecule has 0 amide bonds. The van der Waals surface area contributed by atoms with Crippen molar-refractivity contribution in [3.05, 3.63) is 40.6 Å². The predicted molar refractivity (Wildman–Crippen MR) is 92.4 cm³/mol. The second-order valence-electron chi connectivity index (χ2n) is 6.88. The number of nitro groups is 1. The Morgan fingerprint density at radius 3 is 3.04 bits per heavy atom. The second-order valence-corrected chi connectivity index (χ2v) is 6.88. The van der Waals surface area contributed by atoms with E-state index < -0.39 is 5.41 Å². The van der Waals surface area contributed by atoms with E-state index in [9.17, 15) is 14.9 Å². The number of hydrogen-bond acceptors (Lipinski definition) is 6. The first-order chi connectivity index (χ1) is 12.1. The zero-order valence-electron chi connectivity index (χ0n) is 14.0. The van der Waals surface area contributed by atoms with Gasteiger partial charge < -0.3 is 9.64 Å². The number of nitrogens with zero attached hydrogens (tertiary/aromatic N) is 3. The molecule has 0 spiro atoms. The maximum Gasteiger partial charge on any atom is 0.313 e. The van der Waals surface area contributed by atoms with Gasteiger partial charge in [-0.05, 0) is 43.0 Å². The molecule has 1 saturated carbocycles. The Morgan fingerprint density at radius 2 is 2.28 bits per heavy atom. The molecule has 2 atom stereocenters. The second kappa shape index (κ2) is 5.68. The summed E-state index contributed by atoms with van der Waals surface area (Å²) < 4.78 is 5.06. The van der Waals surface area contributed by atoms with Gasteiger partial charge in [0.25, 0.3) is 0 Å². The Morgan fingerprint density at radius 1 is 1.44 bits per heavy atom. The van der Waals surface area contributed by atoms with Crippen LogP contribution in [0.25, 0.3) is 10.9 Å². The number of fused-ring (bicyclic) bond motifs is 2. The first-order valence-corrected chi connectivity index (χ1v) is 8.42. The molecule has 0 N–H and O–H groups in total. The standard InChI is InChI=1S/C18H19N3O4/c1-25-17(22)18-8-2-4-12(18)10-20(11-18)15-7-6-14-13(5-3-9-19-14)16(15)21(23)24/h3,5-7,9,12H,2,4,8,10-11H2,1H3. The van der Waals surface area contributed by atoms with Gasteiger partial charge in [0.15, 0.2) is 0 Å². The van der Waals surface area contributed by atoms with Crippen LogP contribution in [0.3, 0.4) is 0 Å². The predicted octanol–water partition coefficient (Wildman–Crippen LogP) is 2.92. The minimum Gasteiger partial charge on any atom is -0.469 e. The van der Waals surface area contributed by atoms with E-state index in [0.29, 0.717) is 29.7 Å². The van der Waals surface area contributed by atoms with Crippen LogP contribution in [0.15, 0.2) is 30.5 Å². The third-order valence-corrected chi connectivity index (χ3v) is 5.72. The number of nitro benzene ring substituents is 1. The van der Waals surface area contributed by atoms with E-state index in [-0.39, 0.29) is 22.5 Å². The minimum atomic E-state index is -0.535. The molecule has 1 aromatic heterocycles. The molecular formula is C18H19N3O4. The van der Waals surface area contributed by atoms with Crippen LogP contribution < -0.4 is 4.90 Å². The molecular weight excluding hydrogens is 322 g/mol. The van der Waals surface area contributed by atoms with Crippen LogP contribution in [0.5, 0.6) is 0 Å². The minimum absolute atomic E-state index is 0.0607. The van der Waals surface area contributed by atoms with Crippen LogP contribution in [-0.4, -0.2) is 36.1 Å². The number of methoxy groups -OCH3 is 1. The van der Waals surface area contributed by atoms with Gasteiger partial charge in [0.05, 0.1) is 28.4 Å². The summed E-state index contributed by atoms with van der Waals surface area (Å²) in [6.07, 6.45) is 4.36. The van der Waals surface area contributed by atoms with Crippen molar-refractivity contribution in [2.24, 2.45) is 11.3 Å². The average Bonchev–Trinajstić information content (AvgIpc) is 3.18. The van der Waals surface area contributed by atoms with Crippen molar-refractivity contribution in [1.29, 1.82) is 0 Å². The molecule has 25 heavy (non-hydrogen) atoms. The molecule has 130 valence electrons. The van der Waals surface area contributed by atoms with Crippen molar-refractivity contribution >= 4 is 28.2 Å². The largest absolute Gasteiger partial charge is 0.469 e. The molecule has 2 aromatic rings. The Balaban J connectivity index is 1.80. The van der Waals surface area contributed by atoms with Crippen molar-refractivity contribution in [3.63, 3.8) is 0 Å². The fourth-order valence-corrected chi connectivity index (χ4v) is 4.58. The lowest BCUT2D eigenvalue weighted by atomic mass is 9.81. The normalized spacial score (nSPS) is 25.2. The third kappa shape index (κ3) is 2.26. The van der Waals surface area contributed by atoms with Crippen molar-refractivity contribution in [2.45, 2.75) is 19.3 Å². The van der Waals surface area contributed by atoms with Gasteiger partial charge in [-0.2, -0.15) is 0 Å². The van der Waals surface area contributed by atoms with Gasteiger partial charge in [-0.3, -0.25) is 19.9 Å². The number of pyridine rings is 1. The number of benzene rings is 1. The lowest BCUT2D eigenvalue weighted by Crippen LogP contribution is -2.37. The topological polar surface area (TPSA) is 85.6 Å². The summed E-state index contributed by atoms with van der Waals surface area (Å²) in [5, 5.41) is 12.3. The SMILES string of the molecule is COC(=O)C12CCCC1CN(c1ccc3ncccc3c1[N+](=O)[O-])C2. The maximum absolute atomic E-state index is 12.4. The molecule has 1 aliphatic heterocycles. The number of anilines is 1. The summed E-state index contributed by atoms with van der Waals surface area (Å²) in [5.41, 5.74) is 0.681. The van der Waals surface area contributed by atoms with E-state index in [2.05, 4.69) is 4.98 Å². The Bertz CT molecular complexity index is 869. The monoisotopic (exact) mass is 341 g/mol. The molecule has 2 fully saturated rings. The molecule has 7 heteroatoms. The number of carbonyl (C=O) groups is 1. The number of hydrogen-bond donors (Lipinski definition) is 0. The van der Waals surface area contributed by atoms with E-state index in [0.717, 1.165) is 19.3 Å². The van der Waals surface area contributed by atoms with Gasteiger partial charge in [-0.1, -0.05) is 6.42 Å². The van der Waals surface area contributed by atoms with E-state index >= 15 is 0 Å². The Kier molecular flexibility index (Phi) is 3.59. The van der Waals surface area contributed by atoms with Gasteiger partial charge >= 0.3 is 11.7 Å². The first kappa shape index (κ1) is 15.8. The van der Waals surface area contributed by atoms with Gasteiger partial charge in [-0.25, -0.2) is 0 Å². The van der Waals surface area contributed by atoms with E-state index in [1.807, 2.05) is 4.90 Å². The zero-order valence-corrected chi connectivity index (χ0v) is 14.0. The fourth-order valence-electron chi connectivity index (χ4n) is 4.58. The van der Waals surface area contributed by atoms with Crippen LogP contribution in [-0.2, 0) is 9.53 Å². The molecule has 4 rings (SSSR count). The lowest BCUT2D eigenvalue weighted by molar-refractivity contribution is -0.382. The summed E-state index contributed by atoms with van der Waals surface area (Å²) in [6.45, 7) is 1.11. The highest BCUT2D eigenvalue weighted by Crippen LogP contribution is 2.51. The maximum atomic E-state index is 12.4. The van der Waals surface area contributed by atoms with Crippen molar-refractivity contribution in [2.75, 3.05) is 25.1 Å². The zero-order chi connectivity index (χ0) is 17.6. The van der Waals surface area contributed by atoms with Crippen molar-refractivity contribution in [1.82, 2.24) is 4.98 Å². The molecule has 1 aliphatic carbocycles. The van der Waals surface area contributed by atoms with E-state index in [1.165, 1.54) is 7.11 Å². The number of aromatic nitrogens is 1. The van der Waals surface area contributed by atoms with Crippen LogP contribution in [0.2, 0.25) is 0 Å². The molecule has 2 heterocycles. The summed E-state index contributed by atoms with van der Waals surface area (Å²) in [6, 6.07) is 6.97. The first-order valence-electron chi connectivity index (χ1n) is 8.42. The van der Waals surface area contributed by atoms with Crippen LogP contribution >= 0.6 is 0 Å². The van der Waals surface area contributed by atoms with Gasteiger partial charge in [0, 0.05) is 19.3 Å². The lowest BCUT2D eigenvalue weighted by Gasteiger charge is -2.26. The Labute approximate surface area is 144 Å². The molecule has 1 saturated heterocycles. The third-order valence-electron chi connectivity index (χ3n) is 5.72. The summed E-state index contributed by atoms with van der Waals surface area (Å²) >= 11 is 0. The van der Waals surface area contributed by atoms with Crippen molar-refractivity contribution in [3.8, 4) is 0 Å². The van der Waals surface area contributed by atoms with E-state index in [1.54, 1.807) is 30.5 Å². The van der Waals surface area contributed by atoms with Gasteiger partial charge in [0.1, 0.15) is 5.69 Å². The van der Waals surface area contributed by atoms with E-state index in [4.69, 9.17) is 4.74 Å². The van der Waals surface area contributed by atoms with Gasteiger partial charge in [-0.15, -0.1) is 0 Å².